The quantitative estimate of drug-likeness (QED) is 0.270. The fraction of sp³-hybridized carbons (Fsp3) is 0.407. The molecule has 2 atom stereocenters. The molecule has 0 saturated heterocycles. The zero-order chi connectivity index (χ0) is 24.8. The van der Waals surface area contributed by atoms with Crippen molar-refractivity contribution >= 4 is 29.2 Å². The van der Waals surface area contributed by atoms with E-state index in [4.69, 9.17) is 21.7 Å². The first-order valence-corrected chi connectivity index (χ1v) is 12.7. The Bertz CT molecular complexity index is 1150. The summed E-state index contributed by atoms with van der Waals surface area (Å²) in [6.45, 7) is 4.99. The van der Waals surface area contributed by atoms with Crippen molar-refractivity contribution in [2.75, 3.05) is 13.1 Å². The third kappa shape index (κ3) is 5.49. The van der Waals surface area contributed by atoms with Crippen molar-refractivity contribution < 1.29 is 4.79 Å². The zero-order valence-corrected chi connectivity index (χ0v) is 21.0. The van der Waals surface area contributed by atoms with Gasteiger partial charge in [-0.2, -0.15) is 10.4 Å². The van der Waals surface area contributed by atoms with E-state index in [-0.39, 0.29) is 18.0 Å². The molecule has 1 N–H and O–H groups in total. The number of nitriles is 1. The summed E-state index contributed by atoms with van der Waals surface area (Å²) >= 11 is 6.13. The first-order valence-electron chi connectivity index (χ1n) is 12.3. The van der Waals surface area contributed by atoms with Crippen molar-refractivity contribution in [3.63, 3.8) is 0 Å². The van der Waals surface area contributed by atoms with Crippen molar-refractivity contribution in [3.8, 4) is 6.19 Å². The molecule has 35 heavy (non-hydrogen) atoms. The minimum Gasteiger partial charge on any atom is -0.332 e. The molecule has 0 spiro atoms. The van der Waals surface area contributed by atoms with Crippen LogP contribution in [0.5, 0.6) is 0 Å². The third-order valence-corrected chi connectivity index (χ3v) is 6.77. The summed E-state index contributed by atoms with van der Waals surface area (Å²) in [5.41, 5.74) is 4.16. The van der Waals surface area contributed by atoms with Crippen LogP contribution in [0.2, 0.25) is 5.02 Å². The fourth-order valence-corrected chi connectivity index (χ4v) is 4.99. The topological polar surface area (TPSA) is 84.1 Å². The van der Waals surface area contributed by atoms with E-state index < -0.39 is 0 Å². The van der Waals surface area contributed by atoms with E-state index in [1.165, 1.54) is 11.1 Å². The van der Waals surface area contributed by atoms with Crippen LogP contribution in [0.25, 0.3) is 0 Å². The lowest BCUT2D eigenvalue weighted by molar-refractivity contribution is -0.131. The first kappa shape index (κ1) is 24.7. The zero-order valence-electron chi connectivity index (χ0n) is 20.2. The van der Waals surface area contributed by atoms with Gasteiger partial charge in [-0.15, -0.1) is 0 Å². The molecule has 2 aromatic carbocycles. The number of nitrogens with zero attached hydrogens (tertiary/aromatic N) is 5. The van der Waals surface area contributed by atoms with E-state index in [0.717, 1.165) is 37.0 Å². The summed E-state index contributed by atoms with van der Waals surface area (Å²) < 4.78 is 0. The van der Waals surface area contributed by atoms with Gasteiger partial charge in [-0.25, -0.2) is 10.0 Å². The molecule has 0 saturated carbocycles. The van der Waals surface area contributed by atoms with E-state index in [1.807, 2.05) is 48.3 Å². The van der Waals surface area contributed by atoms with Crippen LogP contribution >= 0.6 is 11.6 Å². The molecule has 2 aliphatic rings. The number of guanidine groups is 1. The number of fused-ring (bicyclic) bond motifs is 1. The average molecular weight is 491 g/mol. The maximum atomic E-state index is 12.9. The SMILES string of the molecule is CCCN(C(=O)CC)C1CN(C(=NC2CCCc3ccccc32)NC#N)N=C1c1ccc(Cl)cc1. The Kier molecular flexibility index (Phi) is 8.04. The largest absolute Gasteiger partial charge is 0.332 e. The maximum absolute atomic E-state index is 12.9. The molecule has 1 heterocycles. The summed E-state index contributed by atoms with van der Waals surface area (Å²) in [4.78, 5) is 19.8. The van der Waals surface area contributed by atoms with Crippen molar-refractivity contribution in [1.29, 1.82) is 5.26 Å². The van der Waals surface area contributed by atoms with E-state index in [2.05, 4.69) is 30.4 Å². The van der Waals surface area contributed by atoms with Gasteiger partial charge < -0.3 is 4.90 Å². The minimum absolute atomic E-state index is 0.0481. The van der Waals surface area contributed by atoms with Crippen molar-refractivity contribution in [3.05, 3.63) is 70.2 Å². The molecule has 1 amide bonds. The standard InChI is InChI=1S/C27H31ClN6O/c1-3-16-33(25(35)4-2)24-17-34(32-26(24)20-12-14-21(28)15-13-20)27(30-18-29)31-23-11-7-9-19-8-5-6-10-22(19)23/h5-6,8,10,12-15,23-24H,3-4,7,9,11,16-17H2,1-2H3,(H,30,31). The van der Waals surface area contributed by atoms with Crippen molar-refractivity contribution in [2.24, 2.45) is 10.1 Å². The van der Waals surface area contributed by atoms with E-state index in [9.17, 15) is 10.1 Å². The molecule has 4 rings (SSSR count). The van der Waals surface area contributed by atoms with Gasteiger partial charge in [0, 0.05) is 23.6 Å². The Labute approximate surface area is 212 Å². The number of amides is 1. The summed E-state index contributed by atoms with van der Waals surface area (Å²) in [7, 11) is 0. The van der Waals surface area contributed by atoms with Gasteiger partial charge in [0.1, 0.15) is 0 Å². The van der Waals surface area contributed by atoms with Gasteiger partial charge in [-0.05, 0) is 48.9 Å². The molecule has 0 aromatic heterocycles. The molecular weight excluding hydrogens is 460 g/mol. The number of benzene rings is 2. The number of carbonyl (C=O) groups excluding carboxylic acids is 1. The summed E-state index contributed by atoms with van der Waals surface area (Å²) in [5.74, 6) is 0.483. The highest BCUT2D eigenvalue weighted by molar-refractivity contribution is 6.30. The molecule has 0 radical (unpaired) electrons. The Hall–Kier alpha value is -3.37. The Balaban J connectivity index is 1.73. The van der Waals surface area contributed by atoms with Gasteiger partial charge in [0.25, 0.3) is 0 Å². The number of hydrogen-bond acceptors (Lipinski definition) is 4. The molecule has 1 aliphatic heterocycles. The normalized spacial score (nSPS) is 19.5. The van der Waals surface area contributed by atoms with E-state index in [0.29, 0.717) is 30.5 Å². The molecule has 7 nitrogen and oxygen atoms in total. The smallest absolute Gasteiger partial charge is 0.228 e. The molecule has 2 aromatic rings. The molecule has 0 bridgehead atoms. The number of halogens is 1. The highest BCUT2D eigenvalue weighted by Gasteiger charge is 2.36. The lowest BCUT2D eigenvalue weighted by atomic mass is 9.88. The number of aliphatic imine (C=N–C) groups is 1. The second kappa shape index (κ2) is 11.4. The second-order valence-electron chi connectivity index (χ2n) is 8.83. The Morgan fingerprint density at radius 2 is 2.03 bits per heavy atom. The fourth-order valence-electron chi connectivity index (χ4n) is 4.86. The van der Waals surface area contributed by atoms with Crippen LogP contribution in [0.15, 0.2) is 58.6 Å². The number of carbonyl (C=O) groups is 1. The van der Waals surface area contributed by atoms with Crippen LogP contribution in [0.1, 0.15) is 62.3 Å². The lowest BCUT2D eigenvalue weighted by Crippen LogP contribution is -2.48. The predicted molar refractivity (Wildman–Crippen MR) is 139 cm³/mol. The van der Waals surface area contributed by atoms with Gasteiger partial charge in [-0.3, -0.25) is 10.1 Å². The van der Waals surface area contributed by atoms with Gasteiger partial charge in [0.05, 0.1) is 24.3 Å². The number of aryl methyl sites for hydroxylation is 1. The van der Waals surface area contributed by atoms with Gasteiger partial charge in [0.15, 0.2) is 6.19 Å². The monoisotopic (exact) mass is 490 g/mol. The second-order valence-corrected chi connectivity index (χ2v) is 9.26. The Morgan fingerprint density at radius 1 is 1.26 bits per heavy atom. The van der Waals surface area contributed by atoms with Crippen molar-refractivity contribution in [1.82, 2.24) is 15.2 Å². The molecule has 8 heteroatoms. The highest BCUT2D eigenvalue weighted by Crippen LogP contribution is 2.33. The molecule has 182 valence electrons. The number of rotatable bonds is 6. The molecule has 2 unspecified atom stereocenters. The molecular formula is C27H31ClN6O. The van der Waals surface area contributed by atoms with E-state index in [1.54, 1.807) is 5.01 Å². The lowest BCUT2D eigenvalue weighted by Gasteiger charge is -2.30. The van der Waals surface area contributed by atoms with Crippen LogP contribution in [0.3, 0.4) is 0 Å². The first-order chi connectivity index (χ1) is 17.0. The van der Waals surface area contributed by atoms with Gasteiger partial charge >= 0.3 is 0 Å². The van der Waals surface area contributed by atoms with Crippen LogP contribution in [-0.4, -0.2) is 46.6 Å². The maximum Gasteiger partial charge on any atom is 0.228 e. The minimum atomic E-state index is -0.257. The van der Waals surface area contributed by atoms with Crippen LogP contribution in [0, 0.1) is 11.5 Å². The molecule has 1 aliphatic carbocycles. The van der Waals surface area contributed by atoms with Crippen LogP contribution in [-0.2, 0) is 11.2 Å². The van der Waals surface area contributed by atoms with Crippen LogP contribution < -0.4 is 5.32 Å². The number of hydrogen-bond donors (Lipinski definition) is 1. The van der Waals surface area contributed by atoms with Crippen molar-refractivity contribution in [2.45, 2.75) is 58.0 Å². The number of nitrogens with one attached hydrogen (secondary N) is 1. The predicted octanol–water partition coefficient (Wildman–Crippen LogP) is 4.88. The van der Waals surface area contributed by atoms with E-state index >= 15 is 0 Å². The van der Waals surface area contributed by atoms with Gasteiger partial charge in [0.2, 0.25) is 11.9 Å². The Morgan fingerprint density at radius 3 is 2.74 bits per heavy atom. The third-order valence-electron chi connectivity index (χ3n) is 6.52. The highest BCUT2D eigenvalue weighted by atomic mass is 35.5. The van der Waals surface area contributed by atoms with Crippen LogP contribution in [0.4, 0.5) is 0 Å². The molecule has 0 fully saturated rings. The number of hydrazone groups is 1. The summed E-state index contributed by atoms with van der Waals surface area (Å²) in [6, 6.07) is 15.5. The summed E-state index contributed by atoms with van der Waals surface area (Å²) in [6.07, 6.45) is 6.29. The van der Waals surface area contributed by atoms with Gasteiger partial charge in [-0.1, -0.05) is 61.8 Å². The summed E-state index contributed by atoms with van der Waals surface area (Å²) in [5, 5.41) is 19.6. The average Bonchev–Trinajstić information content (AvgIpc) is 3.32.